The number of aromatic nitrogens is 2. The lowest BCUT2D eigenvalue weighted by atomic mass is 10.1. The number of carbonyl (C=O) groups excluding carboxylic acids is 2. The van der Waals surface area contributed by atoms with Gasteiger partial charge in [-0.2, -0.15) is 5.10 Å². The van der Waals surface area contributed by atoms with Gasteiger partial charge in [0.2, 0.25) is 5.91 Å². The summed E-state index contributed by atoms with van der Waals surface area (Å²) >= 11 is 0. The van der Waals surface area contributed by atoms with Crippen LogP contribution in [0.4, 0.5) is 10.2 Å². The van der Waals surface area contributed by atoms with E-state index in [-0.39, 0.29) is 24.2 Å². The minimum atomic E-state index is -0.380. The summed E-state index contributed by atoms with van der Waals surface area (Å²) in [6.07, 6.45) is 0.578. The lowest BCUT2D eigenvalue weighted by Gasteiger charge is -2.22. The topological polar surface area (TPSA) is 76.5 Å². The number of benzene rings is 4. The number of nitrogens with zero attached hydrogens (tertiary/aromatic N) is 3. The number of methoxy groups -OCH3 is 1. The maximum atomic E-state index is 13.6. The Kier molecular flexibility index (Phi) is 8.27. The van der Waals surface area contributed by atoms with Gasteiger partial charge in [-0.05, 0) is 53.6 Å². The number of fused-ring (bicyclic) bond motifs is 1. The van der Waals surface area contributed by atoms with Gasteiger partial charge >= 0.3 is 0 Å². The minimum absolute atomic E-state index is 0.162. The Morgan fingerprint density at radius 3 is 2.38 bits per heavy atom. The summed E-state index contributed by atoms with van der Waals surface area (Å²) in [5.41, 5.74) is 2.60. The average Bonchev–Trinajstić information content (AvgIpc) is 3.40. The third-order valence-electron chi connectivity index (χ3n) is 6.51. The van der Waals surface area contributed by atoms with Gasteiger partial charge < -0.3 is 15.0 Å². The predicted octanol–water partition coefficient (Wildman–Crippen LogP) is 5.95. The first-order valence-electron chi connectivity index (χ1n) is 13.0. The first kappa shape index (κ1) is 26.8. The molecule has 40 heavy (non-hydrogen) atoms. The van der Waals surface area contributed by atoms with Crippen molar-refractivity contribution in [2.45, 2.75) is 6.42 Å². The van der Waals surface area contributed by atoms with Gasteiger partial charge in [0.25, 0.3) is 5.91 Å². The number of hydrogen-bond donors (Lipinski definition) is 1. The largest absolute Gasteiger partial charge is 0.385 e. The standard InChI is InChI=1S/C32H29FN4O3/c1-40-19-7-18-36(32(39)26-13-12-23-8-5-6-11-25(23)20-26)22-31(38)34-30-21-29(24-9-3-2-4-10-24)35-37(30)28-16-14-27(33)15-17-28/h2-6,8-17,20-21H,7,18-19,22H2,1H3,(H,34,38). The summed E-state index contributed by atoms with van der Waals surface area (Å²) in [7, 11) is 1.60. The molecule has 4 aromatic carbocycles. The Hall–Kier alpha value is -4.82. The molecule has 1 N–H and O–H groups in total. The second-order valence-corrected chi connectivity index (χ2v) is 9.35. The van der Waals surface area contributed by atoms with E-state index < -0.39 is 0 Å². The van der Waals surface area contributed by atoms with Crippen molar-refractivity contribution < 1.29 is 18.7 Å². The highest BCUT2D eigenvalue weighted by Crippen LogP contribution is 2.25. The number of ether oxygens (including phenoxy) is 1. The van der Waals surface area contributed by atoms with Crippen molar-refractivity contribution in [3.8, 4) is 16.9 Å². The van der Waals surface area contributed by atoms with Crippen molar-refractivity contribution in [1.82, 2.24) is 14.7 Å². The molecule has 1 heterocycles. The minimum Gasteiger partial charge on any atom is -0.385 e. The number of rotatable bonds is 10. The molecular weight excluding hydrogens is 507 g/mol. The Morgan fingerprint density at radius 2 is 1.62 bits per heavy atom. The highest BCUT2D eigenvalue weighted by atomic mass is 19.1. The molecule has 0 aliphatic heterocycles. The Morgan fingerprint density at radius 1 is 0.900 bits per heavy atom. The van der Waals surface area contributed by atoms with E-state index in [4.69, 9.17) is 4.74 Å². The van der Waals surface area contributed by atoms with E-state index in [0.29, 0.717) is 42.3 Å². The number of halogens is 1. The summed E-state index contributed by atoms with van der Waals surface area (Å²) in [6, 6.07) is 30.5. The Balaban J connectivity index is 1.40. The fourth-order valence-corrected chi connectivity index (χ4v) is 4.51. The van der Waals surface area contributed by atoms with E-state index in [1.165, 1.54) is 17.0 Å². The molecular formula is C32H29FN4O3. The highest BCUT2D eigenvalue weighted by Gasteiger charge is 2.21. The summed E-state index contributed by atoms with van der Waals surface area (Å²) < 4.78 is 20.3. The van der Waals surface area contributed by atoms with Crippen molar-refractivity contribution in [3.63, 3.8) is 0 Å². The van der Waals surface area contributed by atoms with E-state index in [1.807, 2.05) is 66.7 Å². The molecule has 8 heteroatoms. The number of amides is 2. The zero-order valence-electron chi connectivity index (χ0n) is 22.1. The zero-order valence-corrected chi connectivity index (χ0v) is 22.1. The molecule has 0 radical (unpaired) electrons. The van der Waals surface area contributed by atoms with Gasteiger partial charge in [-0.3, -0.25) is 9.59 Å². The van der Waals surface area contributed by atoms with Crippen LogP contribution in [-0.2, 0) is 9.53 Å². The van der Waals surface area contributed by atoms with Crippen LogP contribution in [0.5, 0.6) is 0 Å². The summed E-state index contributed by atoms with van der Waals surface area (Å²) in [5, 5.41) is 9.56. The van der Waals surface area contributed by atoms with E-state index in [1.54, 1.807) is 36.1 Å². The molecule has 0 unspecified atom stereocenters. The van der Waals surface area contributed by atoms with E-state index in [9.17, 15) is 14.0 Å². The van der Waals surface area contributed by atoms with E-state index in [2.05, 4.69) is 10.4 Å². The Bertz CT molecular complexity index is 1620. The van der Waals surface area contributed by atoms with Gasteiger partial charge in [0.05, 0.1) is 11.4 Å². The van der Waals surface area contributed by atoms with E-state index in [0.717, 1.165) is 16.3 Å². The molecule has 0 spiro atoms. The molecule has 2 amide bonds. The van der Waals surface area contributed by atoms with Gasteiger partial charge in [0.1, 0.15) is 18.2 Å². The van der Waals surface area contributed by atoms with Crippen LogP contribution in [-0.4, -0.2) is 53.3 Å². The van der Waals surface area contributed by atoms with E-state index >= 15 is 0 Å². The van der Waals surface area contributed by atoms with Crippen LogP contribution in [0.1, 0.15) is 16.8 Å². The first-order chi connectivity index (χ1) is 19.5. The molecule has 0 aliphatic rings. The summed E-state index contributed by atoms with van der Waals surface area (Å²) in [6.45, 7) is 0.644. The molecule has 1 aromatic heterocycles. The van der Waals surface area contributed by atoms with Crippen molar-refractivity contribution in [2.24, 2.45) is 0 Å². The molecule has 202 valence electrons. The quantitative estimate of drug-likeness (QED) is 0.224. The van der Waals surface area contributed by atoms with Crippen LogP contribution in [0, 0.1) is 5.82 Å². The van der Waals surface area contributed by atoms with Crippen LogP contribution in [0.15, 0.2) is 103 Å². The number of anilines is 1. The number of hydrogen-bond acceptors (Lipinski definition) is 4. The molecule has 0 aliphatic carbocycles. The second kappa shape index (κ2) is 12.4. The van der Waals surface area contributed by atoms with Gasteiger partial charge in [0.15, 0.2) is 0 Å². The van der Waals surface area contributed by atoms with Gasteiger partial charge in [-0.15, -0.1) is 0 Å². The van der Waals surface area contributed by atoms with Crippen LogP contribution >= 0.6 is 0 Å². The molecule has 0 bridgehead atoms. The zero-order chi connectivity index (χ0) is 27.9. The number of nitrogens with one attached hydrogen (secondary N) is 1. The summed E-state index contributed by atoms with van der Waals surface area (Å²) in [4.78, 5) is 28.4. The maximum Gasteiger partial charge on any atom is 0.254 e. The van der Waals surface area contributed by atoms with Crippen LogP contribution in [0.2, 0.25) is 0 Å². The van der Waals surface area contributed by atoms with Crippen LogP contribution in [0.3, 0.4) is 0 Å². The first-order valence-corrected chi connectivity index (χ1v) is 13.0. The molecule has 7 nitrogen and oxygen atoms in total. The van der Waals surface area contributed by atoms with Crippen molar-refractivity contribution in [3.05, 3.63) is 115 Å². The second-order valence-electron chi connectivity index (χ2n) is 9.35. The maximum absolute atomic E-state index is 13.6. The molecule has 5 rings (SSSR count). The number of carbonyl (C=O) groups is 2. The fourth-order valence-electron chi connectivity index (χ4n) is 4.51. The van der Waals surface area contributed by atoms with Crippen molar-refractivity contribution in [1.29, 1.82) is 0 Å². The van der Waals surface area contributed by atoms with Gasteiger partial charge in [-0.25, -0.2) is 9.07 Å². The van der Waals surface area contributed by atoms with Gasteiger partial charge in [0, 0.05) is 37.5 Å². The monoisotopic (exact) mass is 536 g/mol. The molecule has 0 saturated heterocycles. The Labute approximate surface area is 231 Å². The third kappa shape index (κ3) is 6.24. The molecule has 0 saturated carbocycles. The van der Waals surface area contributed by atoms with Crippen LogP contribution in [0.25, 0.3) is 27.7 Å². The van der Waals surface area contributed by atoms with Crippen molar-refractivity contribution in [2.75, 3.05) is 32.1 Å². The fraction of sp³-hybridized carbons (Fsp3) is 0.156. The highest BCUT2D eigenvalue weighted by molar-refractivity contribution is 6.01. The molecule has 5 aromatic rings. The molecule has 0 atom stereocenters. The lowest BCUT2D eigenvalue weighted by molar-refractivity contribution is -0.117. The van der Waals surface area contributed by atoms with Crippen molar-refractivity contribution >= 4 is 28.4 Å². The SMILES string of the molecule is COCCCN(CC(=O)Nc1cc(-c2ccccc2)nn1-c1ccc(F)cc1)C(=O)c1ccc2ccccc2c1. The third-order valence-corrected chi connectivity index (χ3v) is 6.51. The summed E-state index contributed by atoms with van der Waals surface area (Å²) in [5.74, 6) is -0.586. The average molecular weight is 537 g/mol. The smallest absolute Gasteiger partial charge is 0.254 e. The lowest BCUT2D eigenvalue weighted by Crippen LogP contribution is -2.39. The predicted molar refractivity (Wildman–Crippen MR) is 154 cm³/mol. The van der Waals surface area contributed by atoms with Crippen LogP contribution < -0.4 is 5.32 Å². The van der Waals surface area contributed by atoms with Gasteiger partial charge in [-0.1, -0.05) is 60.7 Å². The molecule has 0 fully saturated rings. The normalized spacial score (nSPS) is 10.9.